The molecule has 1 aliphatic carbocycles. The molecule has 0 bridgehead atoms. The van der Waals surface area contributed by atoms with Crippen molar-refractivity contribution in [2.24, 2.45) is 7.05 Å². The fraction of sp³-hybridized carbons (Fsp3) is 0.381. The molecule has 1 aliphatic rings. The number of aliphatic carboxylic acids is 1. The van der Waals surface area contributed by atoms with Crippen LogP contribution in [0.5, 0.6) is 17.4 Å². The van der Waals surface area contributed by atoms with Crippen molar-refractivity contribution in [2.45, 2.75) is 38.8 Å². The number of aromatic nitrogens is 2. The van der Waals surface area contributed by atoms with Gasteiger partial charge in [0.05, 0.1) is 21.3 Å². The molecule has 1 saturated carbocycles. The predicted octanol–water partition coefficient (Wildman–Crippen LogP) is 4.58. The van der Waals surface area contributed by atoms with E-state index in [0.717, 1.165) is 12.8 Å². The second kappa shape index (κ2) is 10.1. The van der Waals surface area contributed by atoms with Crippen LogP contribution in [0.4, 0.5) is 4.79 Å². The first kappa shape index (κ1) is 23.7. The van der Waals surface area contributed by atoms with Crippen LogP contribution in [0, 0.1) is 6.92 Å². The van der Waals surface area contributed by atoms with Crippen LogP contribution in [0.2, 0.25) is 10.0 Å². The van der Waals surface area contributed by atoms with E-state index in [0.29, 0.717) is 17.1 Å². The maximum Gasteiger partial charge on any atom is 0.407 e. The van der Waals surface area contributed by atoms with Crippen molar-refractivity contribution < 1.29 is 28.9 Å². The Morgan fingerprint density at radius 1 is 1.31 bits per heavy atom. The highest BCUT2D eigenvalue weighted by molar-refractivity contribution is 6.36. The van der Waals surface area contributed by atoms with Gasteiger partial charge in [0.15, 0.2) is 11.9 Å². The molecule has 2 aromatic rings. The Morgan fingerprint density at radius 3 is 2.66 bits per heavy atom. The number of nitrogens with zero attached hydrogens (tertiary/aromatic N) is 2. The third-order valence-electron chi connectivity index (χ3n) is 4.55. The molecule has 0 saturated heterocycles. The lowest BCUT2D eigenvalue weighted by Gasteiger charge is -2.15. The third-order valence-corrected chi connectivity index (χ3v) is 5.14. The summed E-state index contributed by atoms with van der Waals surface area (Å²) in [7, 11) is 1.70. The number of alkyl carbamates (subject to hydrolysis) is 1. The van der Waals surface area contributed by atoms with Gasteiger partial charge in [-0.2, -0.15) is 5.10 Å². The van der Waals surface area contributed by atoms with Crippen LogP contribution < -0.4 is 14.8 Å². The summed E-state index contributed by atoms with van der Waals surface area (Å²) in [4.78, 5) is 22.7. The van der Waals surface area contributed by atoms with E-state index >= 15 is 0 Å². The maximum atomic E-state index is 11.6. The summed E-state index contributed by atoms with van der Waals surface area (Å²) in [5.41, 5.74) is 1.34. The Balaban J connectivity index is 1.76. The van der Waals surface area contributed by atoms with E-state index in [2.05, 4.69) is 10.4 Å². The fourth-order valence-corrected chi connectivity index (χ4v) is 3.18. The maximum absolute atomic E-state index is 11.6. The van der Waals surface area contributed by atoms with E-state index in [1.165, 1.54) is 23.7 Å². The molecule has 0 unspecified atom stereocenters. The third kappa shape index (κ3) is 6.08. The number of hydrogen-bond acceptors (Lipinski definition) is 6. The number of hydrogen-bond donors (Lipinski definition) is 2. The standard InChI is InChI=1S/C21H23Cl2N3O6/c1-11-14(5-4-8-30-21(29)24-13-6-7-13)19(26(3)25-11)32-18-10-17(15(22)9-16(18)23)31-12(2)20(27)28/h4-5,9-10,12-13H,6-8H2,1-3H3,(H,24,29)(H,27,28)/b5-4+/t12-/m0/s1. The van der Waals surface area contributed by atoms with Gasteiger partial charge in [-0.25, -0.2) is 14.3 Å². The minimum absolute atomic E-state index is 0.0824. The zero-order valence-electron chi connectivity index (χ0n) is 17.7. The van der Waals surface area contributed by atoms with Gasteiger partial charge in [-0.3, -0.25) is 0 Å². The Hall–Kier alpha value is -2.91. The van der Waals surface area contributed by atoms with E-state index in [1.54, 1.807) is 26.1 Å². The smallest absolute Gasteiger partial charge is 0.407 e. The number of halogens is 2. The van der Waals surface area contributed by atoms with Gasteiger partial charge >= 0.3 is 12.1 Å². The SMILES string of the molecule is Cc1nn(C)c(Oc2cc(O[C@@H](C)C(=O)O)c(Cl)cc2Cl)c1/C=C/COC(=O)NC1CC1. The van der Waals surface area contributed by atoms with Gasteiger partial charge in [0.2, 0.25) is 5.88 Å². The largest absolute Gasteiger partial charge is 0.479 e. The van der Waals surface area contributed by atoms with Crippen molar-refractivity contribution >= 4 is 41.3 Å². The molecule has 9 nitrogen and oxygen atoms in total. The minimum atomic E-state index is -1.14. The van der Waals surface area contributed by atoms with E-state index in [1.807, 2.05) is 0 Å². The molecular formula is C21H23Cl2N3O6. The average molecular weight is 484 g/mol. The van der Waals surface area contributed by atoms with Crippen LogP contribution in [-0.4, -0.2) is 45.7 Å². The molecule has 172 valence electrons. The molecule has 1 aromatic carbocycles. The van der Waals surface area contributed by atoms with E-state index in [9.17, 15) is 9.59 Å². The first-order chi connectivity index (χ1) is 15.2. The molecule has 11 heteroatoms. The highest BCUT2D eigenvalue weighted by Crippen LogP contribution is 2.39. The van der Waals surface area contributed by atoms with Gasteiger partial charge in [0, 0.05) is 19.2 Å². The number of aryl methyl sites for hydroxylation is 2. The molecule has 1 atom stereocenters. The lowest BCUT2D eigenvalue weighted by molar-refractivity contribution is -0.144. The second-order valence-electron chi connectivity index (χ2n) is 7.26. The highest BCUT2D eigenvalue weighted by Gasteiger charge is 2.23. The lowest BCUT2D eigenvalue weighted by atomic mass is 10.2. The highest BCUT2D eigenvalue weighted by atomic mass is 35.5. The quantitative estimate of drug-likeness (QED) is 0.536. The Morgan fingerprint density at radius 2 is 2.00 bits per heavy atom. The van der Waals surface area contributed by atoms with Crippen LogP contribution >= 0.6 is 23.2 Å². The molecule has 3 rings (SSSR count). The number of carboxylic acids is 1. The summed E-state index contributed by atoms with van der Waals surface area (Å²) in [6.07, 6.45) is 3.81. The zero-order valence-corrected chi connectivity index (χ0v) is 19.2. The Labute approximate surface area is 194 Å². The van der Waals surface area contributed by atoms with Crippen molar-refractivity contribution in [1.29, 1.82) is 0 Å². The lowest BCUT2D eigenvalue weighted by Crippen LogP contribution is -2.26. The molecule has 1 amide bonds. The molecule has 1 heterocycles. The molecule has 0 spiro atoms. The Bertz CT molecular complexity index is 1050. The molecule has 2 N–H and O–H groups in total. The van der Waals surface area contributed by atoms with Gasteiger partial charge in [0.25, 0.3) is 0 Å². The predicted molar refractivity (Wildman–Crippen MR) is 119 cm³/mol. The van der Waals surface area contributed by atoms with Gasteiger partial charge in [0.1, 0.15) is 12.4 Å². The average Bonchev–Trinajstić information content (AvgIpc) is 3.48. The normalized spacial score (nSPS) is 14.3. The van der Waals surface area contributed by atoms with Gasteiger partial charge in [-0.05, 0) is 44.9 Å². The summed E-state index contributed by atoms with van der Waals surface area (Å²) >= 11 is 12.4. The van der Waals surface area contributed by atoms with Crippen LogP contribution in [-0.2, 0) is 16.6 Å². The molecule has 32 heavy (non-hydrogen) atoms. The molecule has 1 aromatic heterocycles. The van der Waals surface area contributed by atoms with E-state index < -0.39 is 18.2 Å². The van der Waals surface area contributed by atoms with Crippen molar-refractivity contribution in [1.82, 2.24) is 15.1 Å². The summed E-state index contributed by atoms with van der Waals surface area (Å²) in [6.45, 7) is 3.27. The van der Waals surface area contributed by atoms with Crippen molar-refractivity contribution in [3.63, 3.8) is 0 Å². The Kier molecular flexibility index (Phi) is 7.52. The van der Waals surface area contributed by atoms with Crippen molar-refractivity contribution in [2.75, 3.05) is 6.61 Å². The summed E-state index contributed by atoms with van der Waals surface area (Å²) in [5, 5.41) is 16.5. The number of amides is 1. The van der Waals surface area contributed by atoms with Crippen molar-refractivity contribution in [3.8, 4) is 17.4 Å². The number of carbonyl (C=O) groups is 2. The monoisotopic (exact) mass is 483 g/mol. The van der Waals surface area contributed by atoms with Crippen molar-refractivity contribution in [3.05, 3.63) is 39.5 Å². The van der Waals surface area contributed by atoms with Crippen LogP contribution in [0.25, 0.3) is 6.08 Å². The number of ether oxygens (including phenoxy) is 3. The number of benzene rings is 1. The summed E-state index contributed by atoms with van der Waals surface area (Å²) in [6, 6.07) is 3.06. The van der Waals surface area contributed by atoms with Crippen LogP contribution in [0.1, 0.15) is 31.0 Å². The summed E-state index contributed by atoms with van der Waals surface area (Å²) in [5.74, 6) is -0.433. The number of nitrogens with one attached hydrogen (secondary N) is 1. The number of carbonyl (C=O) groups excluding carboxylic acids is 1. The second-order valence-corrected chi connectivity index (χ2v) is 8.08. The molecule has 0 aliphatic heterocycles. The molecule has 1 fully saturated rings. The van der Waals surface area contributed by atoms with Crippen LogP contribution in [0.3, 0.4) is 0 Å². The number of rotatable bonds is 9. The van der Waals surface area contributed by atoms with Crippen LogP contribution in [0.15, 0.2) is 18.2 Å². The molecular weight excluding hydrogens is 461 g/mol. The zero-order chi connectivity index (χ0) is 23.4. The van der Waals surface area contributed by atoms with E-state index in [4.69, 9.17) is 42.5 Å². The minimum Gasteiger partial charge on any atom is -0.479 e. The van der Waals surface area contributed by atoms with E-state index in [-0.39, 0.29) is 34.2 Å². The van der Waals surface area contributed by atoms with Gasteiger partial charge in [-0.1, -0.05) is 23.2 Å². The first-order valence-electron chi connectivity index (χ1n) is 9.85. The summed E-state index contributed by atoms with van der Waals surface area (Å²) < 4.78 is 18.0. The topological polar surface area (TPSA) is 112 Å². The van der Waals surface area contributed by atoms with Gasteiger partial charge < -0.3 is 24.6 Å². The molecule has 0 radical (unpaired) electrons. The first-order valence-corrected chi connectivity index (χ1v) is 10.6. The number of carboxylic acid groups (broad SMARTS) is 1. The fourth-order valence-electron chi connectivity index (χ4n) is 2.72. The van der Waals surface area contributed by atoms with Gasteiger partial charge in [-0.15, -0.1) is 0 Å².